The molecule has 0 saturated heterocycles. The molecule has 0 saturated carbocycles. The molecule has 0 aliphatic heterocycles. The van der Waals surface area contributed by atoms with Gasteiger partial charge in [0.2, 0.25) is 0 Å². The van der Waals surface area contributed by atoms with Crippen molar-refractivity contribution in [3.05, 3.63) is 52.8 Å². The summed E-state index contributed by atoms with van der Waals surface area (Å²) in [4.78, 5) is -1.35. The van der Waals surface area contributed by atoms with E-state index in [1.807, 2.05) is 0 Å². The smallest absolute Gasteiger partial charge is 0.267 e. The molecule has 0 heterocycles. The number of phenolic OH excluding ortho intramolecular Hbond substituents is 1. The van der Waals surface area contributed by atoms with Gasteiger partial charge < -0.3 is 5.11 Å². The van der Waals surface area contributed by atoms with Crippen molar-refractivity contribution in [3.8, 4) is 5.75 Å². The normalized spacial score (nSPS) is 11.4. The lowest BCUT2D eigenvalue weighted by Gasteiger charge is -2.11. The summed E-state index contributed by atoms with van der Waals surface area (Å²) in [7, 11) is -4.70. The number of anilines is 1. The first-order valence-electron chi connectivity index (χ1n) is 5.36. The molecule has 0 amide bonds. The van der Waals surface area contributed by atoms with Crippen LogP contribution in [0.4, 0.5) is 18.9 Å². The summed E-state index contributed by atoms with van der Waals surface area (Å²) < 4.78 is 65.4. The Balaban J connectivity index is 2.48. The first-order chi connectivity index (χ1) is 9.70. The number of sulfonamides is 1. The van der Waals surface area contributed by atoms with Crippen molar-refractivity contribution in [1.82, 2.24) is 0 Å². The van der Waals surface area contributed by atoms with Crippen molar-refractivity contribution in [2.75, 3.05) is 4.72 Å². The van der Waals surface area contributed by atoms with Crippen molar-refractivity contribution in [1.29, 1.82) is 0 Å². The maximum absolute atomic E-state index is 13.5. The molecule has 2 aromatic carbocycles. The van der Waals surface area contributed by atoms with Crippen LogP contribution in [-0.4, -0.2) is 13.5 Å². The Kier molecular flexibility index (Phi) is 4.02. The zero-order chi connectivity index (χ0) is 15.8. The van der Waals surface area contributed by atoms with Gasteiger partial charge in [0.1, 0.15) is 23.2 Å². The van der Waals surface area contributed by atoms with Crippen molar-refractivity contribution in [3.63, 3.8) is 0 Å². The van der Waals surface area contributed by atoms with Gasteiger partial charge in [-0.25, -0.2) is 21.6 Å². The lowest BCUT2D eigenvalue weighted by molar-refractivity contribution is 0.477. The van der Waals surface area contributed by atoms with Crippen LogP contribution in [0.25, 0.3) is 0 Å². The van der Waals surface area contributed by atoms with Crippen LogP contribution in [0.15, 0.2) is 35.2 Å². The Hall–Kier alpha value is -1.93. The molecule has 2 aromatic rings. The van der Waals surface area contributed by atoms with E-state index in [0.717, 1.165) is 12.1 Å². The number of halogens is 4. The van der Waals surface area contributed by atoms with Gasteiger partial charge in [-0.1, -0.05) is 11.6 Å². The van der Waals surface area contributed by atoms with Gasteiger partial charge in [0.05, 0.1) is 5.69 Å². The molecular weight excluding hydrogens is 331 g/mol. The minimum absolute atomic E-state index is 0.134. The Morgan fingerprint density at radius 3 is 2.14 bits per heavy atom. The zero-order valence-electron chi connectivity index (χ0n) is 10.1. The molecule has 2 rings (SSSR count). The third kappa shape index (κ3) is 3.22. The van der Waals surface area contributed by atoms with Crippen molar-refractivity contribution < 1.29 is 26.7 Å². The van der Waals surface area contributed by atoms with E-state index in [-0.39, 0.29) is 22.8 Å². The van der Waals surface area contributed by atoms with Gasteiger partial charge in [-0.3, -0.25) is 4.72 Å². The van der Waals surface area contributed by atoms with Crippen LogP contribution in [0.1, 0.15) is 0 Å². The van der Waals surface area contributed by atoms with E-state index in [1.165, 1.54) is 6.07 Å². The van der Waals surface area contributed by atoms with E-state index in [4.69, 9.17) is 11.6 Å². The van der Waals surface area contributed by atoms with Gasteiger partial charge in [-0.05, 0) is 12.1 Å². The largest absolute Gasteiger partial charge is 0.506 e. The third-order valence-electron chi connectivity index (χ3n) is 2.44. The Bertz CT molecular complexity index is 788. The lowest BCUT2D eigenvalue weighted by Crippen LogP contribution is -2.16. The minimum Gasteiger partial charge on any atom is -0.506 e. The Morgan fingerprint density at radius 2 is 1.62 bits per heavy atom. The highest BCUT2D eigenvalue weighted by Crippen LogP contribution is 2.30. The molecule has 21 heavy (non-hydrogen) atoms. The van der Waals surface area contributed by atoms with Gasteiger partial charge >= 0.3 is 0 Å². The first kappa shape index (κ1) is 15.5. The molecule has 112 valence electrons. The molecule has 0 radical (unpaired) electrons. The highest BCUT2D eigenvalue weighted by Gasteiger charge is 2.26. The zero-order valence-corrected chi connectivity index (χ0v) is 11.6. The fraction of sp³-hybridized carbons (Fsp3) is 0. The SMILES string of the molecule is O=S(=O)(Nc1ccc(Cl)cc1O)c1c(F)cc(F)cc1F. The van der Waals surface area contributed by atoms with E-state index in [9.17, 15) is 26.7 Å². The van der Waals surface area contributed by atoms with Crippen LogP contribution in [0.3, 0.4) is 0 Å². The molecule has 0 aromatic heterocycles. The van der Waals surface area contributed by atoms with Crippen LogP contribution in [0.2, 0.25) is 5.02 Å². The second-order valence-electron chi connectivity index (χ2n) is 3.97. The highest BCUT2D eigenvalue weighted by atomic mass is 35.5. The predicted octanol–water partition coefficient (Wildman–Crippen LogP) is 3.26. The topological polar surface area (TPSA) is 66.4 Å². The lowest BCUT2D eigenvalue weighted by atomic mass is 10.3. The van der Waals surface area contributed by atoms with Gasteiger partial charge in [-0.15, -0.1) is 0 Å². The molecule has 0 unspecified atom stereocenters. The first-order valence-corrected chi connectivity index (χ1v) is 7.22. The summed E-state index contributed by atoms with van der Waals surface area (Å²) in [6.45, 7) is 0. The summed E-state index contributed by atoms with van der Waals surface area (Å²) in [6, 6.07) is 3.88. The summed E-state index contributed by atoms with van der Waals surface area (Å²) in [5.41, 5.74) is -0.331. The maximum Gasteiger partial charge on any atom is 0.267 e. The summed E-state index contributed by atoms with van der Waals surface area (Å²) in [5.74, 6) is -4.96. The monoisotopic (exact) mass is 337 g/mol. The number of rotatable bonds is 3. The quantitative estimate of drug-likeness (QED) is 0.845. The summed E-state index contributed by atoms with van der Waals surface area (Å²) >= 11 is 5.57. The summed E-state index contributed by atoms with van der Waals surface area (Å²) in [5, 5.41) is 9.66. The second-order valence-corrected chi connectivity index (χ2v) is 6.02. The van der Waals surface area contributed by atoms with Crippen molar-refractivity contribution >= 4 is 27.3 Å². The molecular formula is C12H7ClF3NO3S. The standard InChI is InChI=1S/C12H7ClF3NO3S/c13-6-1-2-10(11(18)3-6)17-21(19,20)12-8(15)4-7(14)5-9(12)16/h1-5,17-18H. The fourth-order valence-corrected chi connectivity index (χ4v) is 2.93. The van der Waals surface area contributed by atoms with E-state index in [0.29, 0.717) is 0 Å². The summed E-state index contributed by atoms with van der Waals surface area (Å²) in [6.07, 6.45) is 0. The number of hydrogen-bond donors (Lipinski definition) is 2. The van der Waals surface area contributed by atoms with E-state index < -0.39 is 38.1 Å². The molecule has 0 fully saturated rings. The fourth-order valence-electron chi connectivity index (χ4n) is 1.57. The number of nitrogens with one attached hydrogen (secondary N) is 1. The Morgan fingerprint density at radius 1 is 1.05 bits per heavy atom. The Labute approximate surface area is 122 Å². The van der Waals surface area contributed by atoms with Crippen molar-refractivity contribution in [2.45, 2.75) is 4.90 Å². The predicted molar refractivity (Wildman–Crippen MR) is 70.2 cm³/mol. The van der Waals surface area contributed by atoms with Gasteiger partial charge in [0.25, 0.3) is 10.0 Å². The van der Waals surface area contributed by atoms with Crippen LogP contribution in [0, 0.1) is 17.5 Å². The third-order valence-corrected chi connectivity index (χ3v) is 4.09. The van der Waals surface area contributed by atoms with Crippen LogP contribution in [-0.2, 0) is 10.0 Å². The van der Waals surface area contributed by atoms with E-state index in [2.05, 4.69) is 0 Å². The van der Waals surface area contributed by atoms with Crippen LogP contribution in [0.5, 0.6) is 5.75 Å². The number of aromatic hydroxyl groups is 1. The van der Waals surface area contributed by atoms with Gasteiger partial charge in [0.15, 0.2) is 4.90 Å². The highest BCUT2D eigenvalue weighted by molar-refractivity contribution is 7.92. The van der Waals surface area contributed by atoms with Gasteiger partial charge in [0, 0.05) is 23.2 Å². The molecule has 0 spiro atoms. The van der Waals surface area contributed by atoms with Crippen LogP contribution >= 0.6 is 11.6 Å². The second kappa shape index (κ2) is 5.45. The van der Waals surface area contributed by atoms with Crippen LogP contribution < -0.4 is 4.72 Å². The van der Waals surface area contributed by atoms with Gasteiger partial charge in [-0.2, -0.15) is 0 Å². The number of hydrogen-bond acceptors (Lipinski definition) is 3. The minimum atomic E-state index is -4.70. The molecule has 4 nitrogen and oxygen atoms in total. The maximum atomic E-state index is 13.5. The average molecular weight is 338 g/mol. The average Bonchev–Trinajstić information content (AvgIpc) is 2.30. The number of benzene rings is 2. The number of phenols is 1. The molecule has 0 aliphatic carbocycles. The van der Waals surface area contributed by atoms with E-state index in [1.54, 1.807) is 4.72 Å². The molecule has 0 aliphatic rings. The molecule has 2 N–H and O–H groups in total. The molecule has 0 bridgehead atoms. The van der Waals surface area contributed by atoms with Crippen molar-refractivity contribution in [2.24, 2.45) is 0 Å². The molecule has 9 heteroatoms. The van der Waals surface area contributed by atoms with E-state index >= 15 is 0 Å². The molecule has 0 atom stereocenters.